The molecule has 33 heavy (non-hydrogen) atoms. The van der Waals surface area contributed by atoms with Gasteiger partial charge in [0.1, 0.15) is 18.2 Å². The van der Waals surface area contributed by atoms with Crippen LogP contribution < -0.4 is 5.32 Å². The Labute approximate surface area is 194 Å². The number of amides is 3. The molecule has 1 saturated heterocycles. The van der Waals surface area contributed by atoms with Crippen LogP contribution in [0.5, 0.6) is 0 Å². The average Bonchev–Trinajstić information content (AvgIpc) is 2.81. The third-order valence-electron chi connectivity index (χ3n) is 5.10. The largest absolute Gasteiger partial charge is 0.445 e. The number of alkyl carbamates (subject to hydrolysis) is 1. The van der Waals surface area contributed by atoms with Crippen molar-refractivity contribution in [2.45, 2.75) is 39.0 Å². The SMILES string of the molecule is CC(C)(C)OC(=O)N1CCN(C(=O)[C@H](NC(=O)OCc2ccccc2)c2ccccc2)CC1. The van der Waals surface area contributed by atoms with E-state index in [-0.39, 0.29) is 12.5 Å². The third-order valence-corrected chi connectivity index (χ3v) is 5.10. The van der Waals surface area contributed by atoms with Crippen LogP contribution in [0.25, 0.3) is 0 Å². The number of carbonyl (C=O) groups is 3. The summed E-state index contributed by atoms with van der Waals surface area (Å²) in [6.45, 7) is 6.98. The highest BCUT2D eigenvalue weighted by atomic mass is 16.6. The highest BCUT2D eigenvalue weighted by molar-refractivity contribution is 5.87. The van der Waals surface area contributed by atoms with E-state index < -0.39 is 23.8 Å². The minimum absolute atomic E-state index is 0.108. The van der Waals surface area contributed by atoms with E-state index in [1.807, 2.05) is 69.3 Å². The Morgan fingerprint density at radius 3 is 2.00 bits per heavy atom. The van der Waals surface area contributed by atoms with Crippen molar-refractivity contribution >= 4 is 18.1 Å². The van der Waals surface area contributed by atoms with Crippen LogP contribution >= 0.6 is 0 Å². The van der Waals surface area contributed by atoms with Crippen molar-refractivity contribution in [3.05, 3.63) is 71.8 Å². The maximum atomic E-state index is 13.3. The van der Waals surface area contributed by atoms with Gasteiger partial charge in [-0.25, -0.2) is 9.59 Å². The van der Waals surface area contributed by atoms with Gasteiger partial charge in [-0.3, -0.25) is 4.79 Å². The quantitative estimate of drug-likeness (QED) is 0.745. The molecule has 1 fully saturated rings. The predicted molar refractivity (Wildman–Crippen MR) is 123 cm³/mol. The van der Waals surface area contributed by atoms with Gasteiger partial charge >= 0.3 is 12.2 Å². The molecule has 1 N–H and O–H groups in total. The predicted octanol–water partition coefficient (Wildman–Crippen LogP) is 3.73. The lowest BCUT2D eigenvalue weighted by atomic mass is 10.1. The second-order valence-electron chi connectivity index (χ2n) is 8.84. The number of hydrogen-bond acceptors (Lipinski definition) is 5. The van der Waals surface area contributed by atoms with Crippen molar-refractivity contribution in [1.82, 2.24) is 15.1 Å². The van der Waals surface area contributed by atoms with Gasteiger partial charge in [0.25, 0.3) is 0 Å². The normalized spacial score (nSPS) is 14.9. The van der Waals surface area contributed by atoms with Crippen molar-refractivity contribution in [3.8, 4) is 0 Å². The summed E-state index contributed by atoms with van der Waals surface area (Å²) in [5.41, 5.74) is 0.939. The Hall–Kier alpha value is -3.55. The number of hydrogen-bond donors (Lipinski definition) is 1. The van der Waals surface area contributed by atoms with E-state index in [4.69, 9.17) is 9.47 Å². The fraction of sp³-hybridized carbons (Fsp3) is 0.400. The molecule has 176 valence electrons. The molecule has 8 heteroatoms. The number of nitrogens with one attached hydrogen (secondary N) is 1. The van der Waals surface area contributed by atoms with E-state index >= 15 is 0 Å². The molecule has 0 unspecified atom stereocenters. The van der Waals surface area contributed by atoms with Gasteiger partial charge in [0.15, 0.2) is 0 Å². The van der Waals surface area contributed by atoms with Crippen molar-refractivity contribution in [1.29, 1.82) is 0 Å². The zero-order chi connectivity index (χ0) is 23.8. The van der Waals surface area contributed by atoms with Crippen LogP contribution in [0.4, 0.5) is 9.59 Å². The number of rotatable bonds is 5. The zero-order valence-corrected chi connectivity index (χ0v) is 19.3. The topological polar surface area (TPSA) is 88.2 Å². The smallest absolute Gasteiger partial charge is 0.410 e. The first-order valence-electron chi connectivity index (χ1n) is 11.0. The van der Waals surface area contributed by atoms with Gasteiger partial charge < -0.3 is 24.6 Å². The summed E-state index contributed by atoms with van der Waals surface area (Å²) in [5.74, 6) is -0.248. The van der Waals surface area contributed by atoms with E-state index in [0.29, 0.717) is 31.7 Å². The van der Waals surface area contributed by atoms with Crippen molar-refractivity contribution < 1.29 is 23.9 Å². The first-order valence-corrected chi connectivity index (χ1v) is 11.0. The van der Waals surface area contributed by atoms with Crippen LogP contribution in [0.1, 0.15) is 37.9 Å². The monoisotopic (exact) mass is 453 g/mol. The maximum absolute atomic E-state index is 13.3. The second-order valence-corrected chi connectivity index (χ2v) is 8.84. The van der Waals surface area contributed by atoms with Crippen LogP contribution in [0, 0.1) is 0 Å². The summed E-state index contributed by atoms with van der Waals surface area (Å²) in [5, 5.41) is 2.71. The van der Waals surface area contributed by atoms with Gasteiger partial charge in [0.2, 0.25) is 5.91 Å². The lowest BCUT2D eigenvalue weighted by Crippen LogP contribution is -2.54. The Bertz CT molecular complexity index is 936. The Kier molecular flexibility index (Phi) is 7.92. The molecule has 1 heterocycles. The number of piperazine rings is 1. The van der Waals surface area contributed by atoms with E-state index in [0.717, 1.165) is 5.56 Å². The van der Waals surface area contributed by atoms with Crippen LogP contribution in [0.15, 0.2) is 60.7 Å². The summed E-state index contributed by atoms with van der Waals surface area (Å²) in [6, 6.07) is 17.5. The molecule has 3 rings (SSSR count). The van der Waals surface area contributed by atoms with E-state index in [2.05, 4.69) is 5.32 Å². The molecule has 8 nitrogen and oxygen atoms in total. The zero-order valence-electron chi connectivity index (χ0n) is 19.3. The summed E-state index contributed by atoms with van der Waals surface area (Å²) in [6.07, 6.45) is -1.06. The molecule has 0 saturated carbocycles. The Morgan fingerprint density at radius 1 is 0.879 bits per heavy atom. The van der Waals surface area contributed by atoms with Crippen LogP contribution in [0.3, 0.4) is 0 Å². The molecule has 1 aliphatic heterocycles. The summed E-state index contributed by atoms with van der Waals surface area (Å²) in [7, 11) is 0. The lowest BCUT2D eigenvalue weighted by molar-refractivity contribution is -0.135. The van der Waals surface area contributed by atoms with Gasteiger partial charge in [-0.1, -0.05) is 60.7 Å². The molecule has 0 spiro atoms. The van der Waals surface area contributed by atoms with Crippen molar-refractivity contribution in [2.24, 2.45) is 0 Å². The molecular weight excluding hydrogens is 422 g/mol. The summed E-state index contributed by atoms with van der Waals surface area (Å²) < 4.78 is 10.7. The van der Waals surface area contributed by atoms with Gasteiger partial charge in [-0.15, -0.1) is 0 Å². The molecule has 2 aromatic rings. The van der Waals surface area contributed by atoms with Gasteiger partial charge in [0, 0.05) is 26.2 Å². The van der Waals surface area contributed by atoms with E-state index in [1.54, 1.807) is 21.9 Å². The van der Waals surface area contributed by atoms with Crippen molar-refractivity contribution in [2.75, 3.05) is 26.2 Å². The van der Waals surface area contributed by atoms with Crippen LogP contribution in [-0.2, 0) is 20.9 Å². The summed E-state index contributed by atoms with van der Waals surface area (Å²) in [4.78, 5) is 41.4. The second kappa shape index (κ2) is 10.8. The number of ether oxygens (including phenoxy) is 2. The molecule has 1 atom stereocenters. The van der Waals surface area contributed by atoms with E-state index in [1.165, 1.54) is 0 Å². The Morgan fingerprint density at radius 2 is 1.42 bits per heavy atom. The minimum Gasteiger partial charge on any atom is -0.445 e. The summed E-state index contributed by atoms with van der Waals surface area (Å²) >= 11 is 0. The first-order chi connectivity index (χ1) is 15.7. The molecule has 0 aliphatic carbocycles. The number of benzene rings is 2. The number of nitrogens with zero attached hydrogens (tertiary/aromatic N) is 2. The van der Waals surface area contributed by atoms with Crippen LogP contribution in [-0.4, -0.2) is 59.7 Å². The molecule has 2 aromatic carbocycles. The number of carbonyl (C=O) groups excluding carboxylic acids is 3. The fourth-order valence-corrected chi connectivity index (χ4v) is 3.43. The molecule has 0 bridgehead atoms. The highest BCUT2D eigenvalue weighted by Crippen LogP contribution is 2.19. The molecule has 0 radical (unpaired) electrons. The third kappa shape index (κ3) is 7.24. The van der Waals surface area contributed by atoms with Gasteiger partial charge in [0.05, 0.1) is 0 Å². The van der Waals surface area contributed by atoms with Gasteiger partial charge in [-0.05, 0) is 31.9 Å². The Balaban J connectivity index is 1.62. The van der Waals surface area contributed by atoms with Gasteiger partial charge in [-0.2, -0.15) is 0 Å². The van der Waals surface area contributed by atoms with Crippen molar-refractivity contribution in [3.63, 3.8) is 0 Å². The standard InChI is InChI=1S/C25H31N3O5/c1-25(2,3)33-24(31)28-16-14-27(15-17-28)22(29)21(20-12-8-5-9-13-20)26-23(30)32-18-19-10-6-4-7-11-19/h4-13,21H,14-18H2,1-3H3,(H,26,30)/t21-/m1/s1. The molecule has 0 aromatic heterocycles. The maximum Gasteiger partial charge on any atom is 0.410 e. The average molecular weight is 454 g/mol. The molecular formula is C25H31N3O5. The van der Waals surface area contributed by atoms with Crippen LogP contribution in [0.2, 0.25) is 0 Å². The van der Waals surface area contributed by atoms with E-state index in [9.17, 15) is 14.4 Å². The molecule has 1 aliphatic rings. The lowest BCUT2D eigenvalue weighted by Gasteiger charge is -2.37. The fourth-order valence-electron chi connectivity index (χ4n) is 3.43. The first kappa shape index (κ1) is 24.1. The molecule has 3 amide bonds. The minimum atomic E-state index is -0.887. The highest BCUT2D eigenvalue weighted by Gasteiger charge is 2.32.